The molecule has 1 amide bonds. The summed E-state index contributed by atoms with van der Waals surface area (Å²) in [6.45, 7) is 0. The third-order valence-corrected chi connectivity index (χ3v) is 3.00. The Kier molecular flexibility index (Phi) is 3.64. The largest absolute Gasteiger partial charge is 0.409 e. The Morgan fingerprint density at radius 2 is 2.00 bits per heavy atom. The van der Waals surface area contributed by atoms with Crippen LogP contribution in [0.4, 0.5) is 8.78 Å². The highest BCUT2D eigenvalue weighted by atomic mass is 19.1. The van der Waals surface area contributed by atoms with Gasteiger partial charge in [-0.15, -0.1) is 0 Å². The van der Waals surface area contributed by atoms with Crippen LogP contribution in [0.5, 0.6) is 0 Å². The monoisotopic (exact) mass is 269 g/mol. The minimum atomic E-state index is -0.952. The molecule has 4 N–H and O–H groups in total. The topological polar surface area (TPSA) is 87.7 Å². The molecule has 19 heavy (non-hydrogen) atoms. The number of carbonyl (C=O) groups is 1. The number of nitrogens with zero attached hydrogens (tertiary/aromatic N) is 1. The third kappa shape index (κ3) is 2.81. The molecule has 1 unspecified atom stereocenters. The molecule has 0 saturated heterocycles. The number of amidine groups is 1. The lowest BCUT2D eigenvalue weighted by Gasteiger charge is -2.17. The first-order chi connectivity index (χ1) is 9.04. The molecule has 1 aliphatic rings. The molecule has 0 aliphatic heterocycles. The van der Waals surface area contributed by atoms with Crippen molar-refractivity contribution in [2.45, 2.75) is 18.9 Å². The second-order valence-electron chi connectivity index (χ2n) is 4.41. The summed E-state index contributed by atoms with van der Waals surface area (Å²) in [4.78, 5) is 11.9. The van der Waals surface area contributed by atoms with Gasteiger partial charge in [0.25, 0.3) is 5.91 Å². The number of rotatable bonds is 4. The van der Waals surface area contributed by atoms with Crippen LogP contribution in [-0.2, 0) is 0 Å². The predicted octanol–water partition coefficient (Wildman–Crippen LogP) is 1.22. The number of amides is 1. The number of carbonyl (C=O) groups excluding carboxylic acids is 1. The van der Waals surface area contributed by atoms with Crippen LogP contribution in [-0.4, -0.2) is 23.0 Å². The molecule has 7 heteroatoms. The van der Waals surface area contributed by atoms with E-state index in [1.807, 2.05) is 0 Å². The molecule has 0 spiro atoms. The van der Waals surface area contributed by atoms with Crippen molar-refractivity contribution in [2.75, 3.05) is 0 Å². The zero-order chi connectivity index (χ0) is 14.0. The molecule has 1 aliphatic carbocycles. The van der Waals surface area contributed by atoms with E-state index in [1.54, 1.807) is 0 Å². The van der Waals surface area contributed by atoms with Gasteiger partial charge in [0.2, 0.25) is 0 Å². The summed E-state index contributed by atoms with van der Waals surface area (Å²) in [6, 6.07) is 2.45. The highest BCUT2D eigenvalue weighted by Gasteiger charge is 2.36. The standard InChI is InChI=1S/C12H13F2N3O2/c13-7-2-1-3-8(14)9(7)12(18)16-10(6-4-5-6)11(15)17-19/h1-3,6,10,19H,4-5H2,(H2,15,17)(H,16,18). The zero-order valence-electron chi connectivity index (χ0n) is 9.94. The molecule has 0 bridgehead atoms. The number of hydrogen-bond donors (Lipinski definition) is 3. The van der Waals surface area contributed by atoms with Crippen molar-refractivity contribution in [1.82, 2.24) is 5.32 Å². The highest BCUT2D eigenvalue weighted by Crippen LogP contribution is 2.33. The molecular formula is C12H13F2N3O2. The lowest BCUT2D eigenvalue weighted by molar-refractivity contribution is 0.0934. The van der Waals surface area contributed by atoms with Gasteiger partial charge in [0.1, 0.15) is 17.2 Å². The van der Waals surface area contributed by atoms with Crippen LogP contribution in [0.25, 0.3) is 0 Å². The smallest absolute Gasteiger partial charge is 0.257 e. The van der Waals surface area contributed by atoms with E-state index in [0.29, 0.717) is 0 Å². The van der Waals surface area contributed by atoms with E-state index in [-0.39, 0.29) is 11.8 Å². The maximum absolute atomic E-state index is 13.4. The molecule has 1 saturated carbocycles. The predicted molar refractivity (Wildman–Crippen MR) is 63.7 cm³/mol. The third-order valence-electron chi connectivity index (χ3n) is 3.00. The summed E-state index contributed by atoms with van der Waals surface area (Å²) < 4.78 is 26.9. The van der Waals surface area contributed by atoms with Crippen LogP contribution in [0.15, 0.2) is 23.4 Å². The van der Waals surface area contributed by atoms with Gasteiger partial charge in [-0.1, -0.05) is 11.2 Å². The average molecular weight is 269 g/mol. The summed E-state index contributed by atoms with van der Waals surface area (Å²) >= 11 is 0. The first-order valence-corrected chi connectivity index (χ1v) is 5.77. The van der Waals surface area contributed by atoms with Crippen LogP contribution in [0.2, 0.25) is 0 Å². The van der Waals surface area contributed by atoms with Crippen molar-refractivity contribution in [2.24, 2.45) is 16.8 Å². The fourth-order valence-electron chi connectivity index (χ4n) is 1.85. The van der Waals surface area contributed by atoms with Crippen LogP contribution < -0.4 is 11.1 Å². The maximum Gasteiger partial charge on any atom is 0.257 e. The van der Waals surface area contributed by atoms with E-state index in [0.717, 1.165) is 25.0 Å². The second kappa shape index (κ2) is 5.21. The minimum Gasteiger partial charge on any atom is -0.409 e. The van der Waals surface area contributed by atoms with Crippen LogP contribution in [0.1, 0.15) is 23.2 Å². The number of nitrogens with one attached hydrogen (secondary N) is 1. The molecule has 0 heterocycles. The molecular weight excluding hydrogens is 256 g/mol. The van der Waals surface area contributed by atoms with E-state index in [2.05, 4.69) is 10.5 Å². The molecule has 1 aromatic rings. The lowest BCUT2D eigenvalue weighted by Crippen LogP contribution is -2.46. The van der Waals surface area contributed by atoms with Crippen LogP contribution in [0.3, 0.4) is 0 Å². The number of nitrogens with two attached hydrogens (primary N) is 1. The molecule has 1 fully saturated rings. The highest BCUT2D eigenvalue weighted by molar-refractivity contribution is 5.98. The van der Waals surface area contributed by atoms with Gasteiger partial charge in [-0.3, -0.25) is 4.79 Å². The van der Waals surface area contributed by atoms with Crippen molar-refractivity contribution >= 4 is 11.7 Å². The molecule has 102 valence electrons. The van der Waals surface area contributed by atoms with Crippen molar-refractivity contribution in [3.63, 3.8) is 0 Å². The van der Waals surface area contributed by atoms with Crippen molar-refractivity contribution < 1.29 is 18.8 Å². The Bertz CT molecular complexity index is 509. The Hall–Kier alpha value is -2.18. The molecule has 0 aromatic heterocycles. The summed E-state index contributed by atoms with van der Waals surface area (Å²) in [6.07, 6.45) is 1.61. The molecule has 0 radical (unpaired) electrons. The zero-order valence-corrected chi connectivity index (χ0v) is 9.94. The number of hydrogen-bond acceptors (Lipinski definition) is 3. The first-order valence-electron chi connectivity index (χ1n) is 5.77. The molecule has 1 aromatic carbocycles. The van der Waals surface area contributed by atoms with Gasteiger partial charge >= 0.3 is 0 Å². The van der Waals surface area contributed by atoms with Gasteiger partial charge in [-0.2, -0.15) is 0 Å². The quantitative estimate of drug-likeness (QED) is 0.332. The molecule has 5 nitrogen and oxygen atoms in total. The van der Waals surface area contributed by atoms with E-state index < -0.39 is 29.1 Å². The van der Waals surface area contributed by atoms with Gasteiger partial charge in [0.15, 0.2) is 5.84 Å². The number of benzene rings is 1. The fourth-order valence-corrected chi connectivity index (χ4v) is 1.85. The summed E-state index contributed by atoms with van der Waals surface area (Å²) in [7, 11) is 0. The Balaban J connectivity index is 2.20. The minimum absolute atomic E-state index is 0.0367. The van der Waals surface area contributed by atoms with E-state index in [9.17, 15) is 13.6 Å². The maximum atomic E-state index is 13.4. The Labute approximate surface area is 108 Å². The first kappa shape index (κ1) is 13.3. The lowest BCUT2D eigenvalue weighted by atomic mass is 10.1. The normalized spacial score (nSPS) is 17.1. The summed E-state index contributed by atoms with van der Waals surface area (Å²) in [5.41, 5.74) is 4.79. The van der Waals surface area contributed by atoms with Crippen LogP contribution >= 0.6 is 0 Å². The molecule has 1 atom stereocenters. The Morgan fingerprint density at radius 3 is 2.47 bits per heavy atom. The fraction of sp³-hybridized carbons (Fsp3) is 0.333. The SMILES string of the molecule is NC(=NO)C(NC(=O)c1c(F)cccc1F)C1CC1. The number of halogens is 2. The van der Waals surface area contributed by atoms with Gasteiger partial charge in [0.05, 0.1) is 6.04 Å². The van der Waals surface area contributed by atoms with Crippen molar-refractivity contribution in [3.8, 4) is 0 Å². The molecule has 2 rings (SSSR count). The number of oxime groups is 1. The van der Waals surface area contributed by atoms with Gasteiger partial charge < -0.3 is 16.3 Å². The van der Waals surface area contributed by atoms with E-state index in [4.69, 9.17) is 10.9 Å². The average Bonchev–Trinajstić information content (AvgIpc) is 3.19. The van der Waals surface area contributed by atoms with E-state index in [1.165, 1.54) is 6.07 Å². The van der Waals surface area contributed by atoms with Crippen molar-refractivity contribution in [3.05, 3.63) is 35.4 Å². The van der Waals surface area contributed by atoms with Crippen molar-refractivity contribution in [1.29, 1.82) is 0 Å². The van der Waals surface area contributed by atoms with E-state index >= 15 is 0 Å². The van der Waals surface area contributed by atoms with Crippen LogP contribution in [0, 0.1) is 17.6 Å². The summed E-state index contributed by atoms with van der Waals surface area (Å²) in [5.74, 6) is -2.96. The van der Waals surface area contributed by atoms with Gasteiger partial charge in [-0.05, 0) is 30.9 Å². The summed E-state index contributed by atoms with van der Waals surface area (Å²) in [5, 5.41) is 13.9. The second-order valence-corrected chi connectivity index (χ2v) is 4.41. The van der Waals surface area contributed by atoms with Gasteiger partial charge in [-0.25, -0.2) is 8.78 Å². The van der Waals surface area contributed by atoms with Gasteiger partial charge in [0, 0.05) is 0 Å². The Morgan fingerprint density at radius 1 is 1.42 bits per heavy atom.